The lowest BCUT2D eigenvalue weighted by molar-refractivity contribution is 0.311. The molecule has 1 atom stereocenters. The molecule has 0 bridgehead atoms. The zero-order valence-electron chi connectivity index (χ0n) is 11.9. The molecule has 1 saturated carbocycles. The Hall–Kier alpha value is -0.870. The Kier molecular flexibility index (Phi) is 2.88. The fraction of sp³-hybridized carbons (Fsp3) is 0.800. The van der Waals surface area contributed by atoms with Crippen molar-refractivity contribution in [3.05, 3.63) is 17.2 Å². The molecule has 4 heteroatoms. The first kappa shape index (κ1) is 11.9. The van der Waals surface area contributed by atoms with Crippen LogP contribution in [0.2, 0.25) is 0 Å². The van der Waals surface area contributed by atoms with Gasteiger partial charge >= 0.3 is 0 Å². The van der Waals surface area contributed by atoms with Crippen LogP contribution in [-0.2, 0) is 19.4 Å². The predicted octanol–water partition coefficient (Wildman–Crippen LogP) is 1.50. The van der Waals surface area contributed by atoms with Crippen LogP contribution < -0.4 is 5.32 Å². The van der Waals surface area contributed by atoms with Crippen LogP contribution in [0.25, 0.3) is 0 Å². The number of nitrogens with one attached hydrogen (secondary N) is 1. The van der Waals surface area contributed by atoms with Crippen LogP contribution in [0.3, 0.4) is 0 Å². The molecule has 1 unspecified atom stereocenters. The summed E-state index contributed by atoms with van der Waals surface area (Å²) in [6.07, 6.45) is 6.40. The van der Waals surface area contributed by atoms with Crippen LogP contribution in [0, 0.1) is 0 Å². The lowest BCUT2D eigenvalue weighted by atomic mass is 10.1. The number of rotatable bonds is 3. The maximum Gasteiger partial charge on any atom is 0.109 e. The van der Waals surface area contributed by atoms with Crippen LogP contribution in [0.15, 0.2) is 0 Å². The van der Waals surface area contributed by atoms with Crippen molar-refractivity contribution in [1.82, 2.24) is 19.8 Å². The lowest BCUT2D eigenvalue weighted by Crippen LogP contribution is -2.28. The molecule has 1 saturated heterocycles. The van der Waals surface area contributed by atoms with Gasteiger partial charge in [-0.25, -0.2) is 4.98 Å². The molecule has 1 aromatic heterocycles. The molecule has 1 aromatic rings. The lowest BCUT2D eigenvalue weighted by Gasteiger charge is -2.22. The minimum absolute atomic E-state index is 0.685. The molecular formula is C15H24N4. The average molecular weight is 260 g/mol. The highest BCUT2D eigenvalue weighted by Crippen LogP contribution is 2.35. The van der Waals surface area contributed by atoms with Gasteiger partial charge in [0.15, 0.2) is 0 Å². The standard InChI is InChI=1S/C15H24N4/c1-2-15-17-13-9-16-7-5-14(13)19(15)12-6-8-18(10-12)11-3-4-11/h11-12,16H,2-10H2,1H3. The van der Waals surface area contributed by atoms with Crippen molar-refractivity contribution in [2.24, 2.45) is 0 Å². The summed E-state index contributed by atoms with van der Waals surface area (Å²) in [6.45, 7) is 6.87. The molecule has 19 heavy (non-hydrogen) atoms. The van der Waals surface area contributed by atoms with Gasteiger partial charge in [0, 0.05) is 56.8 Å². The van der Waals surface area contributed by atoms with E-state index in [9.17, 15) is 0 Å². The third kappa shape index (κ3) is 2.01. The Labute approximate surface area is 115 Å². The van der Waals surface area contributed by atoms with Gasteiger partial charge in [-0.3, -0.25) is 4.90 Å². The Morgan fingerprint density at radius 3 is 2.95 bits per heavy atom. The number of aryl methyl sites for hydroxylation is 1. The number of hydrogen-bond acceptors (Lipinski definition) is 3. The third-order valence-electron chi connectivity index (χ3n) is 4.94. The normalized spacial score (nSPS) is 27.7. The molecule has 0 radical (unpaired) electrons. The number of aromatic nitrogens is 2. The van der Waals surface area contributed by atoms with E-state index in [0.717, 1.165) is 32.0 Å². The topological polar surface area (TPSA) is 33.1 Å². The fourth-order valence-electron chi connectivity index (χ4n) is 3.82. The zero-order chi connectivity index (χ0) is 12.8. The average Bonchev–Trinajstić information content (AvgIpc) is 3.06. The number of fused-ring (bicyclic) bond motifs is 1. The van der Waals surface area contributed by atoms with Crippen LogP contribution >= 0.6 is 0 Å². The Morgan fingerprint density at radius 1 is 1.26 bits per heavy atom. The van der Waals surface area contributed by atoms with Gasteiger partial charge in [0.25, 0.3) is 0 Å². The van der Waals surface area contributed by atoms with E-state index in [0.29, 0.717) is 6.04 Å². The Balaban J connectivity index is 1.64. The smallest absolute Gasteiger partial charge is 0.109 e. The summed E-state index contributed by atoms with van der Waals surface area (Å²) in [5.74, 6) is 1.32. The van der Waals surface area contributed by atoms with E-state index in [-0.39, 0.29) is 0 Å². The first-order chi connectivity index (χ1) is 9.36. The van der Waals surface area contributed by atoms with Gasteiger partial charge in [-0.2, -0.15) is 0 Å². The second-order valence-corrected chi connectivity index (χ2v) is 6.24. The molecule has 2 aliphatic heterocycles. The van der Waals surface area contributed by atoms with E-state index in [2.05, 4.69) is 21.7 Å². The van der Waals surface area contributed by atoms with Gasteiger partial charge in [0.1, 0.15) is 5.82 Å². The molecule has 1 aliphatic carbocycles. The van der Waals surface area contributed by atoms with Crippen LogP contribution in [-0.4, -0.2) is 40.1 Å². The van der Waals surface area contributed by atoms with Crippen molar-refractivity contribution in [2.75, 3.05) is 19.6 Å². The molecule has 3 heterocycles. The van der Waals surface area contributed by atoms with Crippen molar-refractivity contribution in [2.45, 2.75) is 57.7 Å². The van der Waals surface area contributed by atoms with Crippen molar-refractivity contribution >= 4 is 0 Å². The van der Waals surface area contributed by atoms with Crippen molar-refractivity contribution in [3.63, 3.8) is 0 Å². The fourth-order valence-corrected chi connectivity index (χ4v) is 3.82. The highest BCUT2D eigenvalue weighted by molar-refractivity contribution is 5.22. The summed E-state index contributed by atoms with van der Waals surface area (Å²) < 4.78 is 2.61. The summed E-state index contributed by atoms with van der Waals surface area (Å²) in [5.41, 5.74) is 2.84. The highest BCUT2D eigenvalue weighted by atomic mass is 15.3. The second-order valence-electron chi connectivity index (χ2n) is 6.24. The zero-order valence-corrected chi connectivity index (χ0v) is 11.9. The third-order valence-corrected chi connectivity index (χ3v) is 4.94. The van der Waals surface area contributed by atoms with Crippen molar-refractivity contribution < 1.29 is 0 Å². The second kappa shape index (κ2) is 4.60. The van der Waals surface area contributed by atoms with Gasteiger partial charge in [0.05, 0.1) is 5.69 Å². The quantitative estimate of drug-likeness (QED) is 0.894. The molecule has 0 amide bonds. The Morgan fingerprint density at radius 2 is 2.16 bits per heavy atom. The van der Waals surface area contributed by atoms with E-state index in [1.165, 1.54) is 49.6 Å². The van der Waals surface area contributed by atoms with Crippen LogP contribution in [0.4, 0.5) is 0 Å². The molecule has 3 aliphatic rings. The summed E-state index contributed by atoms with van der Waals surface area (Å²) in [5, 5.41) is 3.45. The number of imidazole rings is 1. The number of nitrogens with zero attached hydrogens (tertiary/aromatic N) is 3. The first-order valence-electron chi connectivity index (χ1n) is 7.90. The highest BCUT2D eigenvalue weighted by Gasteiger charge is 2.36. The van der Waals surface area contributed by atoms with Gasteiger partial charge < -0.3 is 9.88 Å². The Bertz CT molecular complexity index is 475. The molecule has 0 aromatic carbocycles. The maximum atomic E-state index is 4.88. The maximum absolute atomic E-state index is 4.88. The first-order valence-corrected chi connectivity index (χ1v) is 7.90. The summed E-state index contributed by atoms with van der Waals surface area (Å²) in [4.78, 5) is 7.59. The summed E-state index contributed by atoms with van der Waals surface area (Å²) in [7, 11) is 0. The van der Waals surface area contributed by atoms with E-state index < -0.39 is 0 Å². The van der Waals surface area contributed by atoms with Gasteiger partial charge in [-0.05, 0) is 19.3 Å². The molecule has 4 rings (SSSR count). The summed E-state index contributed by atoms with van der Waals surface area (Å²) in [6, 6.07) is 1.60. The van der Waals surface area contributed by atoms with Crippen molar-refractivity contribution in [1.29, 1.82) is 0 Å². The van der Waals surface area contributed by atoms with E-state index in [1.54, 1.807) is 0 Å². The summed E-state index contributed by atoms with van der Waals surface area (Å²) >= 11 is 0. The van der Waals surface area contributed by atoms with E-state index in [1.807, 2.05) is 0 Å². The van der Waals surface area contributed by atoms with Crippen LogP contribution in [0.1, 0.15) is 49.4 Å². The van der Waals surface area contributed by atoms with Crippen LogP contribution in [0.5, 0.6) is 0 Å². The largest absolute Gasteiger partial charge is 0.327 e. The van der Waals surface area contributed by atoms with Gasteiger partial charge in [-0.1, -0.05) is 6.92 Å². The molecule has 1 N–H and O–H groups in total. The van der Waals surface area contributed by atoms with Gasteiger partial charge in [-0.15, -0.1) is 0 Å². The molecule has 2 fully saturated rings. The number of likely N-dealkylation sites (tertiary alicyclic amines) is 1. The van der Waals surface area contributed by atoms with E-state index >= 15 is 0 Å². The van der Waals surface area contributed by atoms with Gasteiger partial charge in [0.2, 0.25) is 0 Å². The monoisotopic (exact) mass is 260 g/mol. The number of hydrogen-bond donors (Lipinski definition) is 1. The molecule has 4 nitrogen and oxygen atoms in total. The van der Waals surface area contributed by atoms with E-state index in [4.69, 9.17) is 4.98 Å². The SMILES string of the molecule is CCc1nc2c(n1C1CCN(C3CC3)C1)CCNC2. The molecular weight excluding hydrogens is 236 g/mol. The minimum atomic E-state index is 0.685. The molecule has 0 spiro atoms. The minimum Gasteiger partial charge on any atom is -0.327 e. The predicted molar refractivity (Wildman–Crippen MR) is 75.3 cm³/mol. The van der Waals surface area contributed by atoms with Crippen molar-refractivity contribution in [3.8, 4) is 0 Å². The molecule has 104 valence electrons.